The molecule has 3 saturated heterocycles. The molecule has 4 saturated carbocycles. The average Bonchev–Trinajstić information content (AvgIpc) is 3.27. The Hall–Kier alpha value is -1.47. The van der Waals surface area contributed by atoms with E-state index in [1.165, 1.54) is 12.5 Å². The first-order valence-electron chi connectivity index (χ1n) is 24.4. The van der Waals surface area contributed by atoms with Gasteiger partial charge < -0.3 is 89.7 Å². The highest BCUT2D eigenvalue weighted by Gasteiger charge is 2.70. The summed E-state index contributed by atoms with van der Waals surface area (Å²) >= 11 is 0. The Morgan fingerprint density at radius 3 is 1.91 bits per heavy atom. The van der Waals surface area contributed by atoms with Crippen molar-refractivity contribution < 1.29 is 94.5 Å². The average molecular weight is 959 g/mol. The fourth-order valence-electron chi connectivity index (χ4n) is 15.1. The maximum Gasteiger partial charge on any atom is 0.335 e. The largest absolute Gasteiger partial charge is 0.479 e. The molecule has 12 N–H and O–H groups in total. The van der Waals surface area contributed by atoms with E-state index >= 15 is 0 Å². The van der Waals surface area contributed by atoms with E-state index in [9.17, 15) is 66.1 Å². The number of fused-ring (bicyclic) bond motifs is 7. The van der Waals surface area contributed by atoms with Gasteiger partial charge in [-0.25, -0.2) is 4.79 Å². The lowest BCUT2D eigenvalue weighted by molar-refractivity contribution is -0.396. The third-order valence-corrected chi connectivity index (χ3v) is 19.7. The molecule has 0 spiro atoms. The summed E-state index contributed by atoms with van der Waals surface area (Å²) in [6.45, 7) is 15.5. The summed E-state index contributed by atoms with van der Waals surface area (Å²) in [6, 6.07) is 0. The lowest BCUT2D eigenvalue weighted by Crippen LogP contribution is -2.68. The van der Waals surface area contributed by atoms with Gasteiger partial charge in [-0.3, -0.25) is 0 Å². The lowest BCUT2D eigenvalue weighted by atomic mass is 9.33. The van der Waals surface area contributed by atoms with Gasteiger partial charge in [-0.15, -0.1) is 0 Å². The van der Waals surface area contributed by atoms with Crippen molar-refractivity contribution in [2.24, 2.45) is 50.2 Å². The van der Waals surface area contributed by atoms with Gasteiger partial charge in [0, 0.05) is 10.8 Å². The monoisotopic (exact) mass is 959 g/mol. The van der Waals surface area contributed by atoms with Crippen molar-refractivity contribution in [1.29, 1.82) is 0 Å². The number of carboxylic acids is 1. The molecule has 3 aliphatic heterocycles. The molecule has 19 heteroatoms. The van der Waals surface area contributed by atoms with E-state index in [-0.39, 0.29) is 40.6 Å². The third kappa shape index (κ3) is 7.83. The van der Waals surface area contributed by atoms with Gasteiger partial charge in [0.2, 0.25) is 0 Å². The number of carbonyl (C=O) groups is 1. The van der Waals surface area contributed by atoms with Crippen LogP contribution in [0.5, 0.6) is 0 Å². The first kappa shape index (κ1) is 51.9. The van der Waals surface area contributed by atoms with Crippen LogP contribution in [0.1, 0.15) is 107 Å². The maximum absolute atomic E-state index is 12.5. The molecule has 0 radical (unpaired) electrons. The molecule has 0 amide bonds. The summed E-state index contributed by atoms with van der Waals surface area (Å²) in [5.74, 6) is -1.44. The van der Waals surface area contributed by atoms with Crippen LogP contribution in [0.4, 0.5) is 0 Å². The number of hydrogen-bond acceptors (Lipinski definition) is 18. The summed E-state index contributed by atoms with van der Waals surface area (Å²) in [7, 11) is 0. The highest BCUT2D eigenvalue weighted by atomic mass is 16.8. The van der Waals surface area contributed by atoms with Crippen molar-refractivity contribution in [3.8, 4) is 0 Å². The normalized spacial score (nSPS) is 56.4. The van der Waals surface area contributed by atoms with Crippen LogP contribution in [-0.4, -0.2) is 191 Å². The summed E-state index contributed by atoms with van der Waals surface area (Å²) < 4.78 is 36.2. The number of hydrogen-bond donors (Lipinski definition) is 12. The molecule has 8 aliphatic rings. The van der Waals surface area contributed by atoms with Crippen molar-refractivity contribution in [2.75, 3.05) is 13.2 Å². The standard InChI is InChI=1S/C48H78O19/c1-20-27(51)29(53)33(57)40(62-20)66-35-30(54)28(52)23(18-49)63-41(35)67-36-32(56)31(55)34(39(60)61)65-42(36)64-26-12-13-45(5)24(46(26,6)19-50)11-14-48(8)25(45)10-9-21-22-17-43(2,3)37(58)38(59)44(22,4)15-16-47(21,48)7/h9,20,22-38,40-42,49-59H,10-19H2,1-8H3,(H,60,61)/t20-,22-,23+,24+,25+,26-,27-,28+,29+,30-,31-,32-,33+,34-,35+,36+,37-,38-,40-,41-,42+,44+,45-,46+,47+,48+/m0/s1. The van der Waals surface area contributed by atoms with Crippen LogP contribution in [0.25, 0.3) is 0 Å². The molecule has 7 fully saturated rings. The van der Waals surface area contributed by atoms with Crippen LogP contribution in [0.3, 0.4) is 0 Å². The second-order valence-electron chi connectivity index (χ2n) is 23.6. The molecule has 19 nitrogen and oxygen atoms in total. The van der Waals surface area contributed by atoms with Crippen molar-refractivity contribution in [3.05, 3.63) is 11.6 Å². The Labute approximate surface area is 392 Å². The quantitative estimate of drug-likeness (QED) is 0.104. The number of allylic oxidation sites excluding steroid dienone is 2. The number of carboxylic acid groups (broad SMARTS) is 1. The van der Waals surface area contributed by atoms with E-state index in [0.717, 1.165) is 38.5 Å². The van der Waals surface area contributed by atoms with Gasteiger partial charge in [-0.05, 0) is 97.7 Å². The van der Waals surface area contributed by atoms with Gasteiger partial charge in [0.25, 0.3) is 0 Å². The summed E-state index contributed by atoms with van der Waals surface area (Å²) in [6.07, 6.45) is -20.7. The molecule has 26 atom stereocenters. The predicted octanol–water partition coefficient (Wildman–Crippen LogP) is -0.325. The Balaban J connectivity index is 1.08. The molecule has 0 bridgehead atoms. The van der Waals surface area contributed by atoms with E-state index in [1.807, 2.05) is 20.8 Å². The van der Waals surface area contributed by atoms with Crippen LogP contribution < -0.4 is 0 Å². The van der Waals surface area contributed by atoms with Gasteiger partial charge in [0.1, 0.15) is 61.0 Å². The zero-order valence-corrected chi connectivity index (χ0v) is 40.0. The number of rotatable bonds is 9. The minimum absolute atomic E-state index is 0.102. The molecular formula is C48H78O19. The fraction of sp³-hybridized carbons (Fsp3) is 0.938. The topological polar surface area (TPSA) is 315 Å². The van der Waals surface area contributed by atoms with Crippen molar-refractivity contribution >= 4 is 5.97 Å². The molecule has 0 unspecified atom stereocenters. The van der Waals surface area contributed by atoms with Crippen LogP contribution in [0.15, 0.2) is 11.6 Å². The first-order chi connectivity index (χ1) is 31.2. The Morgan fingerprint density at radius 1 is 0.657 bits per heavy atom. The SMILES string of the molecule is C[C@@H]1O[C@@H](O[C@H]2[C@H](O[C@H]3[C@H](O[C@H]4CC[C@@]5(C)[C@@H](CC[C@]6(C)[C@@H]5CC=C5[C@@H]7CC(C)(C)[C@@H](O)[C@H](O)[C@]7(C)CC[C@]56C)[C@@]4(C)CO)O[C@H](C(=O)O)[C@@H](O)[C@@H]3O)O[C@H](CO)[C@@H](O)[C@@H]2O)[C@H](O)[C@H](O)[C@H]1O. The molecule has 0 aromatic heterocycles. The third-order valence-electron chi connectivity index (χ3n) is 19.7. The van der Waals surface area contributed by atoms with Gasteiger partial charge in [-0.1, -0.05) is 60.1 Å². The van der Waals surface area contributed by atoms with Crippen LogP contribution in [-0.2, 0) is 33.2 Å². The Bertz CT molecular complexity index is 1850. The number of ether oxygens (including phenoxy) is 6. The van der Waals surface area contributed by atoms with Crippen molar-refractivity contribution in [2.45, 2.75) is 217 Å². The van der Waals surface area contributed by atoms with Crippen LogP contribution in [0, 0.1) is 50.2 Å². The number of aliphatic hydroxyl groups excluding tert-OH is 11. The highest BCUT2D eigenvalue weighted by Crippen LogP contribution is 2.76. The molecule has 8 rings (SSSR count). The van der Waals surface area contributed by atoms with E-state index in [1.54, 1.807) is 0 Å². The first-order valence-corrected chi connectivity index (χ1v) is 24.4. The van der Waals surface area contributed by atoms with E-state index in [4.69, 9.17) is 28.4 Å². The summed E-state index contributed by atoms with van der Waals surface area (Å²) in [5, 5.41) is 131. The second-order valence-corrected chi connectivity index (χ2v) is 23.6. The van der Waals surface area contributed by atoms with Gasteiger partial charge >= 0.3 is 5.97 Å². The summed E-state index contributed by atoms with van der Waals surface area (Å²) in [4.78, 5) is 12.5. The Kier molecular flexibility index (Phi) is 13.9. The zero-order valence-electron chi connectivity index (χ0n) is 40.0. The van der Waals surface area contributed by atoms with Gasteiger partial charge in [-0.2, -0.15) is 0 Å². The smallest absolute Gasteiger partial charge is 0.335 e. The molecule has 0 aromatic rings. The number of aliphatic carboxylic acids is 1. The zero-order chi connectivity index (χ0) is 49.3. The van der Waals surface area contributed by atoms with E-state index in [0.29, 0.717) is 12.8 Å². The minimum Gasteiger partial charge on any atom is -0.479 e. The lowest BCUT2D eigenvalue weighted by Gasteiger charge is -2.72. The van der Waals surface area contributed by atoms with Gasteiger partial charge in [0.05, 0.1) is 37.6 Å². The fourth-order valence-corrected chi connectivity index (χ4v) is 15.1. The van der Waals surface area contributed by atoms with Crippen molar-refractivity contribution in [1.82, 2.24) is 0 Å². The molecule has 67 heavy (non-hydrogen) atoms. The van der Waals surface area contributed by atoms with E-state index < -0.39 is 139 Å². The van der Waals surface area contributed by atoms with E-state index in [2.05, 4.69) is 33.8 Å². The van der Waals surface area contributed by atoms with Crippen LogP contribution in [0.2, 0.25) is 0 Å². The molecule has 3 heterocycles. The highest BCUT2D eigenvalue weighted by molar-refractivity contribution is 5.73. The molecule has 5 aliphatic carbocycles. The van der Waals surface area contributed by atoms with Crippen molar-refractivity contribution in [3.63, 3.8) is 0 Å². The molecule has 0 aromatic carbocycles. The molecule has 384 valence electrons. The van der Waals surface area contributed by atoms with Gasteiger partial charge in [0.15, 0.2) is 25.0 Å². The maximum atomic E-state index is 12.5. The summed E-state index contributed by atoms with van der Waals surface area (Å²) in [5.41, 5.74) is -1.17. The molecular weight excluding hydrogens is 881 g/mol. The second kappa shape index (κ2) is 17.9. The predicted molar refractivity (Wildman–Crippen MR) is 232 cm³/mol. The minimum atomic E-state index is -2.08. The van der Waals surface area contributed by atoms with Crippen LogP contribution >= 0.6 is 0 Å². The number of aliphatic hydroxyl groups is 11. The Morgan fingerprint density at radius 2 is 1.28 bits per heavy atom.